The molecule has 0 aromatic heterocycles. The van der Waals surface area contributed by atoms with Crippen LogP contribution in [0.5, 0.6) is 17.2 Å². The minimum atomic E-state index is -4.30. The summed E-state index contributed by atoms with van der Waals surface area (Å²) in [6.07, 6.45) is 13.9. The number of unbranched alkanes of at least 4 members (excludes halogenated alkanes) is 10. The third kappa shape index (κ3) is 11.2. The van der Waals surface area contributed by atoms with Gasteiger partial charge in [-0.25, -0.2) is 0 Å². The fourth-order valence-corrected chi connectivity index (χ4v) is 4.45. The summed E-state index contributed by atoms with van der Waals surface area (Å²) in [6.45, 7) is 2.23. The van der Waals surface area contributed by atoms with Crippen molar-refractivity contribution in [3.05, 3.63) is 48.0 Å². The minimum Gasteiger partial charge on any atom is -0.872 e. The number of hydrogen-bond acceptors (Lipinski definition) is 4. The second-order valence-corrected chi connectivity index (χ2v) is 9.50. The molecule has 0 atom stereocenters. The topological polar surface area (TPSA) is 86.7 Å². The molecule has 0 bridgehead atoms. The van der Waals surface area contributed by atoms with Gasteiger partial charge in [-0.15, -0.1) is 5.75 Å². The zero-order valence-electron chi connectivity index (χ0n) is 19.5. The number of aryl methyl sites for hydroxylation is 1. The van der Waals surface area contributed by atoms with Crippen molar-refractivity contribution in [1.82, 2.24) is 0 Å². The molecule has 0 saturated heterocycles. The van der Waals surface area contributed by atoms with Crippen LogP contribution in [0, 0.1) is 0 Å². The van der Waals surface area contributed by atoms with Crippen molar-refractivity contribution < 1.29 is 52.4 Å². The van der Waals surface area contributed by atoms with Crippen molar-refractivity contribution in [3.8, 4) is 17.2 Å². The van der Waals surface area contributed by atoms with Gasteiger partial charge in [0.05, 0.1) is 4.90 Å². The summed E-state index contributed by atoms with van der Waals surface area (Å²) in [4.78, 5) is -0.0792. The predicted octanol–water partition coefficient (Wildman–Crippen LogP) is 3.66. The third-order valence-corrected chi connectivity index (χ3v) is 6.35. The van der Waals surface area contributed by atoms with E-state index in [1.807, 2.05) is 0 Å². The van der Waals surface area contributed by atoms with Crippen molar-refractivity contribution in [2.45, 2.75) is 88.9 Å². The van der Waals surface area contributed by atoms with E-state index >= 15 is 0 Å². The van der Waals surface area contributed by atoms with Gasteiger partial charge < -0.3 is 9.84 Å². The quantitative estimate of drug-likeness (QED) is 0.244. The van der Waals surface area contributed by atoms with Crippen LogP contribution in [0.3, 0.4) is 0 Å². The molecule has 2 aromatic carbocycles. The molecule has 0 aliphatic carbocycles. The third-order valence-electron chi connectivity index (χ3n) is 5.40. The van der Waals surface area contributed by atoms with E-state index in [9.17, 15) is 18.1 Å². The summed E-state index contributed by atoms with van der Waals surface area (Å²) in [7, 11) is -4.30. The van der Waals surface area contributed by atoms with Crippen molar-refractivity contribution in [3.63, 3.8) is 0 Å². The molecule has 0 aliphatic rings. The molecule has 0 heterocycles. The maximum Gasteiger partial charge on any atom is 1.00 e. The summed E-state index contributed by atoms with van der Waals surface area (Å²) < 4.78 is 38.7. The molecule has 32 heavy (non-hydrogen) atoms. The van der Waals surface area contributed by atoms with E-state index in [0.29, 0.717) is 23.5 Å². The van der Waals surface area contributed by atoms with Crippen molar-refractivity contribution >= 4 is 10.1 Å². The minimum absolute atomic E-state index is 0. The summed E-state index contributed by atoms with van der Waals surface area (Å²) in [5.41, 5.74) is 0.536. The molecule has 0 unspecified atom stereocenters. The smallest absolute Gasteiger partial charge is 0.872 e. The van der Waals surface area contributed by atoms with E-state index in [2.05, 4.69) is 6.92 Å². The van der Waals surface area contributed by atoms with Gasteiger partial charge in [0.25, 0.3) is 10.1 Å². The van der Waals surface area contributed by atoms with Gasteiger partial charge in [-0.3, -0.25) is 4.55 Å². The Morgan fingerprint density at radius 1 is 0.812 bits per heavy atom. The molecule has 0 fully saturated rings. The Morgan fingerprint density at radius 3 is 1.94 bits per heavy atom. The second-order valence-electron chi connectivity index (χ2n) is 8.11. The summed E-state index contributed by atoms with van der Waals surface area (Å²) >= 11 is 0. The number of benzene rings is 2. The van der Waals surface area contributed by atoms with Crippen molar-refractivity contribution in [2.24, 2.45) is 0 Å². The van der Waals surface area contributed by atoms with Crippen LogP contribution >= 0.6 is 0 Å². The monoisotopic (exact) mass is 470 g/mol. The first kappa shape index (κ1) is 29.0. The van der Waals surface area contributed by atoms with Crippen LogP contribution in [0.25, 0.3) is 0 Å². The summed E-state index contributed by atoms with van der Waals surface area (Å²) in [5.74, 6) is 0.678. The molecule has 0 radical (unpaired) electrons. The largest absolute Gasteiger partial charge is 1.00 e. The molecular weight excluding hydrogens is 435 g/mol. The van der Waals surface area contributed by atoms with Crippen LogP contribution in [0.1, 0.15) is 83.1 Å². The fraction of sp³-hybridized carbons (Fsp3) is 0.520. The molecule has 2 aromatic rings. The van der Waals surface area contributed by atoms with Gasteiger partial charge in [-0.05, 0) is 48.7 Å². The average molecular weight is 471 g/mol. The van der Waals surface area contributed by atoms with Crippen molar-refractivity contribution in [2.75, 3.05) is 0 Å². The molecular formula is C25H35NaO5S. The van der Waals surface area contributed by atoms with Crippen LogP contribution in [0.4, 0.5) is 0 Å². The van der Waals surface area contributed by atoms with E-state index in [0.717, 1.165) is 19.3 Å². The Bertz CT molecular complexity index is 899. The SMILES string of the molecule is CCCCCCCCCCCCCc1cc(Oc2cccc([O-])c2)ccc1S(=O)(=O)O.[Na+]. The van der Waals surface area contributed by atoms with Crippen molar-refractivity contribution in [1.29, 1.82) is 0 Å². The normalized spacial score (nSPS) is 11.2. The Morgan fingerprint density at radius 2 is 1.38 bits per heavy atom. The second kappa shape index (κ2) is 15.7. The van der Waals surface area contributed by atoms with Crippen LogP contribution < -0.4 is 39.4 Å². The molecule has 0 aliphatic heterocycles. The Kier molecular flexibility index (Phi) is 14.2. The van der Waals surface area contributed by atoms with Gasteiger partial charge in [0.15, 0.2) is 0 Å². The summed E-state index contributed by atoms with van der Waals surface area (Å²) in [6, 6.07) is 10.6. The number of hydrogen-bond donors (Lipinski definition) is 1. The van der Waals surface area contributed by atoms with Gasteiger partial charge in [0, 0.05) is 0 Å². The Balaban J connectivity index is 0.00000512. The average Bonchev–Trinajstić information content (AvgIpc) is 2.71. The molecule has 0 amide bonds. The van der Waals surface area contributed by atoms with Gasteiger partial charge in [0.1, 0.15) is 11.5 Å². The fourth-order valence-electron chi connectivity index (χ4n) is 3.72. The molecule has 172 valence electrons. The molecule has 7 heteroatoms. The van der Waals surface area contributed by atoms with E-state index in [1.54, 1.807) is 18.2 Å². The molecule has 0 saturated carbocycles. The molecule has 1 N–H and O–H groups in total. The first-order valence-electron chi connectivity index (χ1n) is 11.5. The predicted molar refractivity (Wildman–Crippen MR) is 122 cm³/mol. The zero-order chi connectivity index (χ0) is 22.5. The van der Waals surface area contributed by atoms with Crippen LogP contribution in [-0.2, 0) is 16.5 Å². The summed E-state index contributed by atoms with van der Waals surface area (Å²) in [5, 5.41) is 11.5. The maximum absolute atomic E-state index is 11.7. The van der Waals surface area contributed by atoms with Gasteiger partial charge in [0.2, 0.25) is 0 Å². The first-order chi connectivity index (χ1) is 14.9. The number of rotatable bonds is 15. The van der Waals surface area contributed by atoms with Crippen LogP contribution in [0.2, 0.25) is 0 Å². The molecule has 2 rings (SSSR count). The first-order valence-corrected chi connectivity index (χ1v) is 12.9. The standard InChI is InChI=1S/C25H36O5S.Na/c1-2-3-4-5-6-7-8-9-10-11-12-14-21-19-24(17-18-25(21)31(27,28)29)30-23-16-13-15-22(26)20-23;/h13,15-20,26H,2-12,14H2,1H3,(H,27,28,29);/q;+1/p-1. The van der Waals surface area contributed by atoms with Gasteiger partial charge in [-0.2, -0.15) is 8.42 Å². The Hall–Kier alpha value is -1.05. The molecule has 0 spiro atoms. The van der Waals surface area contributed by atoms with E-state index in [4.69, 9.17) is 4.74 Å². The molecule has 5 nitrogen and oxygen atoms in total. The number of ether oxygens (including phenoxy) is 1. The van der Waals surface area contributed by atoms with Gasteiger partial charge >= 0.3 is 29.6 Å². The maximum atomic E-state index is 11.7. The van der Waals surface area contributed by atoms with E-state index in [-0.39, 0.29) is 40.2 Å². The van der Waals surface area contributed by atoms with Crippen LogP contribution in [-0.4, -0.2) is 13.0 Å². The van der Waals surface area contributed by atoms with E-state index < -0.39 is 10.1 Å². The van der Waals surface area contributed by atoms with E-state index in [1.165, 1.54) is 75.6 Å². The zero-order valence-corrected chi connectivity index (χ0v) is 22.3. The van der Waals surface area contributed by atoms with Gasteiger partial charge in [-0.1, -0.05) is 83.3 Å². The van der Waals surface area contributed by atoms with Crippen LogP contribution in [0.15, 0.2) is 47.4 Å². The Labute approximate surface area is 215 Å².